The van der Waals surface area contributed by atoms with Crippen LogP contribution in [0.3, 0.4) is 0 Å². The van der Waals surface area contributed by atoms with E-state index >= 15 is 0 Å². The van der Waals surface area contributed by atoms with Crippen molar-refractivity contribution < 1.29 is 23.9 Å². The van der Waals surface area contributed by atoms with Crippen LogP contribution >= 0.6 is 0 Å². The number of hydrogen-bond acceptors (Lipinski definition) is 5. The zero-order chi connectivity index (χ0) is 19.4. The fourth-order valence-corrected chi connectivity index (χ4v) is 3.88. The molecule has 0 heterocycles. The van der Waals surface area contributed by atoms with E-state index < -0.39 is 34.0 Å². The lowest BCUT2D eigenvalue weighted by molar-refractivity contribution is -0.185. The van der Waals surface area contributed by atoms with Crippen LogP contribution in [0.2, 0.25) is 0 Å². The van der Waals surface area contributed by atoms with Crippen molar-refractivity contribution in [3.05, 3.63) is 11.1 Å². The fraction of sp³-hybridized carbons (Fsp3) is 0.750. The Labute approximate surface area is 150 Å². The molecule has 2 rings (SSSR count). The highest BCUT2D eigenvalue weighted by Crippen LogP contribution is 2.60. The number of hydrogen-bond donors (Lipinski definition) is 0. The summed E-state index contributed by atoms with van der Waals surface area (Å²) in [4.78, 5) is 38.2. The van der Waals surface area contributed by atoms with Gasteiger partial charge >= 0.3 is 11.9 Å². The standard InChI is InChI=1S/C20H30O5/c1-12-13-9-20(15(22)24-17(2,3)4,16(23)25-18(5,6)7)11-19(13,8)10-14(12)21/h9-11H2,1-8H3/t19-/m1/s1. The van der Waals surface area contributed by atoms with E-state index in [4.69, 9.17) is 9.47 Å². The van der Waals surface area contributed by atoms with E-state index in [0.717, 1.165) is 5.57 Å². The highest BCUT2D eigenvalue weighted by Gasteiger charge is 2.63. The van der Waals surface area contributed by atoms with Crippen molar-refractivity contribution in [1.82, 2.24) is 0 Å². The molecule has 2 aliphatic rings. The molecule has 0 spiro atoms. The van der Waals surface area contributed by atoms with Gasteiger partial charge in [0.05, 0.1) is 0 Å². The van der Waals surface area contributed by atoms with Crippen molar-refractivity contribution in [2.24, 2.45) is 10.8 Å². The maximum atomic E-state index is 13.0. The van der Waals surface area contributed by atoms with Gasteiger partial charge in [-0.25, -0.2) is 0 Å². The number of ketones is 1. The monoisotopic (exact) mass is 350 g/mol. The van der Waals surface area contributed by atoms with Gasteiger partial charge in [0.15, 0.2) is 11.2 Å². The molecule has 0 aromatic heterocycles. The van der Waals surface area contributed by atoms with Crippen LogP contribution < -0.4 is 0 Å². The molecule has 1 atom stereocenters. The van der Waals surface area contributed by atoms with Crippen molar-refractivity contribution in [3.63, 3.8) is 0 Å². The Morgan fingerprint density at radius 1 is 0.920 bits per heavy atom. The second-order valence-electron chi connectivity index (χ2n) is 9.70. The molecular formula is C20H30O5. The number of carbonyl (C=O) groups is 3. The lowest BCUT2D eigenvalue weighted by atomic mass is 9.78. The first-order valence-corrected chi connectivity index (χ1v) is 8.80. The predicted molar refractivity (Wildman–Crippen MR) is 93.8 cm³/mol. The second kappa shape index (κ2) is 5.68. The smallest absolute Gasteiger partial charge is 0.324 e. The summed E-state index contributed by atoms with van der Waals surface area (Å²) in [7, 11) is 0. The van der Waals surface area contributed by atoms with E-state index in [-0.39, 0.29) is 18.6 Å². The first-order chi connectivity index (χ1) is 11.1. The molecule has 25 heavy (non-hydrogen) atoms. The van der Waals surface area contributed by atoms with Gasteiger partial charge in [-0.05, 0) is 72.3 Å². The zero-order valence-corrected chi connectivity index (χ0v) is 16.7. The van der Waals surface area contributed by atoms with Gasteiger partial charge in [0.1, 0.15) is 11.2 Å². The Morgan fingerprint density at radius 3 is 1.72 bits per heavy atom. The van der Waals surface area contributed by atoms with Gasteiger partial charge in [-0.1, -0.05) is 12.5 Å². The van der Waals surface area contributed by atoms with Crippen molar-refractivity contribution >= 4 is 17.7 Å². The van der Waals surface area contributed by atoms with Crippen LogP contribution in [-0.4, -0.2) is 28.9 Å². The Bertz CT molecular complexity index is 629. The minimum atomic E-state index is -1.38. The molecule has 0 aromatic rings. The first-order valence-electron chi connectivity index (χ1n) is 8.80. The SMILES string of the molecule is CC1=C2CC(C(=O)OC(C)(C)C)(C(=O)OC(C)(C)C)C[C@@]2(C)CC1=O. The molecule has 0 N–H and O–H groups in total. The van der Waals surface area contributed by atoms with E-state index in [2.05, 4.69) is 0 Å². The Kier molecular flexibility index (Phi) is 4.47. The van der Waals surface area contributed by atoms with Crippen molar-refractivity contribution in [2.45, 2.75) is 85.9 Å². The molecule has 0 amide bonds. The number of esters is 2. The number of ether oxygens (including phenoxy) is 2. The van der Waals surface area contributed by atoms with Crippen LogP contribution in [0.15, 0.2) is 11.1 Å². The van der Waals surface area contributed by atoms with Crippen molar-refractivity contribution in [2.75, 3.05) is 0 Å². The van der Waals surface area contributed by atoms with E-state index in [9.17, 15) is 14.4 Å². The average molecular weight is 350 g/mol. The van der Waals surface area contributed by atoms with Gasteiger partial charge in [-0.15, -0.1) is 0 Å². The molecule has 0 aliphatic heterocycles. The van der Waals surface area contributed by atoms with E-state index in [1.54, 1.807) is 48.5 Å². The molecule has 0 aromatic carbocycles. The summed E-state index contributed by atoms with van der Waals surface area (Å²) in [5, 5.41) is 0. The summed E-state index contributed by atoms with van der Waals surface area (Å²) in [6.45, 7) is 14.4. The lowest BCUT2D eigenvalue weighted by Crippen LogP contribution is -2.46. The number of rotatable bonds is 2. The summed E-state index contributed by atoms with van der Waals surface area (Å²) in [5.74, 6) is -1.02. The van der Waals surface area contributed by atoms with Crippen LogP contribution in [0.5, 0.6) is 0 Å². The minimum Gasteiger partial charge on any atom is -0.459 e. The van der Waals surface area contributed by atoms with Crippen LogP contribution in [0.25, 0.3) is 0 Å². The highest BCUT2D eigenvalue weighted by atomic mass is 16.6. The van der Waals surface area contributed by atoms with Crippen LogP contribution in [0.1, 0.15) is 74.7 Å². The zero-order valence-electron chi connectivity index (χ0n) is 16.7. The third-order valence-electron chi connectivity index (χ3n) is 4.90. The van der Waals surface area contributed by atoms with Gasteiger partial charge in [0.2, 0.25) is 0 Å². The lowest BCUT2D eigenvalue weighted by Gasteiger charge is -2.33. The summed E-state index contributed by atoms with van der Waals surface area (Å²) in [6.07, 6.45) is 0.786. The largest absolute Gasteiger partial charge is 0.459 e. The average Bonchev–Trinajstić information content (AvgIpc) is 2.77. The van der Waals surface area contributed by atoms with E-state index in [1.165, 1.54) is 0 Å². The normalized spacial score (nSPS) is 25.8. The summed E-state index contributed by atoms with van der Waals surface area (Å²) in [5.41, 5.74) is -1.69. The van der Waals surface area contributed by atoms with E-state index in [1.807, 2.05) is 6.92 Å². The quantitative estimate of drug-likeness (QED) is 0.560. The molecule has 140 valence electrons. The van der Waals surface area contributed by atoms with Gasteiger partial charge < -0.3 is 9.47 Å². The maximum Gasteiger partial charge on any atom is 0.324 e. The van der Waals surface area contributed by atoms with Gasteiger partial charge in [-0.2, -0.15) is 0 Å². The van der Waals surface area contributed by atoms with Crippen LogP contribution in [-0.2, 0) is 23.9 Å². The van der Waals surface area contributed by atoms with E-state index in [0.29, 0.717) is 12.0 Å². The predicted octanol–water partition coefficient (Wildman–Crippen LogP) is 3.75. The maximum absolute atomic E-state index is 13.0. The Balaban J connectivity index is 2.48. The number of carbonyl (C=O) groups excluding carboxylic acids is 3. The molecule has 1 saturated carbocycles. The minimum absolute atomic E-state index is 0.0967. The third kappa shape index (κ3) is 3.65. The molecule has 0 radical (unpaired) electrons. The van der Waals surface area contributed by atoms with Crippen LogP contribution in [0, 0.1) is 10.8 Å². The highest BCUT2D eigenvalue weighted by molar-refractivity contribution is 6.05. The molecule has 0 saturated heterocycles. The fourth-order valence-electron chi connectivity index (χ4n) is 3.88. The first kappa shape index (κ1) is 19.7. The third-order valence-corrected chi connectivity index (χ3v) is 4.90. The second-order valence-corrected chi connectivity index (χ2v) is 9.70. The Morgan fingerprint density at radius 2 is 1.36 bits per heavy atom. The molecule has 5 nitrogen and oxygen atoms in total. The molecule has 1 fully saturated rings. The van der Waals surface area contributed by atoms with Crippen molar-refractivity contribution in [1.29, 1.82) is 0 Å². The summed E-state index contributed by atoms with van der Waals surface area (Å²) >= 11 is 0. The number of allylic oxidation sites excluding steroid dienone is 2. The van der Waals surface area contributed by atoms with Gasteiger partial charge in [0.25, 0.3) is 0 Å². The summed E-state index contributed by atoms with van der Waals surface area (Å²) < 4.78 is 11.2. The molecule has 0 unspecified atom stereocenters. The molecular weight excluding hydrogens is 320 g/mol. The molecule has 5 heteroatoms. The van der Waals surface area contributed by atoms with Gasteiger partial charge in [-0.3, -0.25) is 14.4 Å². The van der Waals surface area contributed by atoms with Crippen LogP contribution in [0.4, 0.5) is 0 Å². The molecule has 0 bridgehead atoms. The summed E-state index contributed by atoms with van der Waals surface area (Å²) in [6, 6.07) is 0. The number of fused-ring (bicyclic) bond motifs is 1. The van der Waals surface area contributed by atoms with Crippen molar-refractivity contribution in [3.8, 4) is 0 Å². The van der Waals surface area contributed by atoms with Gasteiger partial charge in [0, 0.05) is 6.42 Å². The Hall–Kier alpha value is -1.65. The topological polar surface area (TPSA) is 69.7 Å². The number of Topliss-reactive ketones (excluding diaryl/α,β-unsaturated/α-hetero) is 1. The molecule has 2 aliphatic carbocycles.